The van der Waals surface area contributed by atoms with E-state index < -0.39 is 0 Å². The van der Waals surface area contributed by atoms with Gasteiger partial charge in [-0.05, 0) is 57.8 Å². The van der Waals surface area contributed by atoms with Crippen LogP contribution < -0.4 is 5.32 Å². The van der Waals surface area contributed by atoms with Gasteiger partial charge in [0, 0.05) is 35.0 Å². The molecule has 0 radical (unpaired) electrons. The topological polar surface area (TPSA) is 15.3 Å². The zero-order valence-electron chi connectivity index (χ0n) is 10.7. The van der Waals surface area contributed by atoms with Crippen LogP contribution in [0.3, 0.4) is 0 Å². The fraction of sp³-hybridized carbons (Fsp3) is 0.692. The van der Waals surface area contributed by atoms with Gasteiger partial charge >= 0.3 is 0 Å². The average molecular weight is 396 g/mol. The lowest BCUT2D eigenvalue weighted by Gasteiger charge is -2.23. The van der Waals surface area contributed by atoms with E-state index in [0.29, 0.717) is 0 Å². The third-order valence-electron chi connectivity index (χ3n) is 3.58. The maximum absolute atomic E-state index is 3.53. The summed E-state index contributed by atoms with van der Waals surface area (Å²) in [6.07, 6.45) is 5.61. The first-order chi connectivity index (χ1) is 8.66. The molecule has 1 aliphatic rings. The van der Waals surface area contributed by atoms with Crippen LogP contribution in [0.4, 0.5) is 0 Å². The highest BCUT2D eigenvalue weighted by atomic mass is 79.9. The normalized spacial score (nSPS) is 16.9. The summed E-state index contributed by atoms with van der Waals surface area (Å²) in [4.78, 5) is 3.89. The van der Waals surface area contributed by atoms with Crippen LogP contribution in [0.5, 0.6) is 0 Å². The Morgan fingerprint density at radius 2 is 2.11 bits per heavy atom. The van der Waals surface area contributed by atoms with E-state index in [1.165, 1.54) is 34.3 Å². The lowest BCUT2D eigenvalue weighted by atomic mass is 10.2. The highest BCUT2D eigenvalue weighted by Crippen LogP contribution is 2.32. The van der Waals surface area contributed by atoms with E-state index in [1.807, 2.05) is 0 Å². The van der Waals surface area contributed by atoms with Crippen LogP contribution >= 0.6 is 43.2 Å². The lowest BCUT2D eigenvalue weighted by molar-refractivity contribution is 0.245. The Kier molecular flexibility index (Phi) is 6.15. The van der Waals surface area contributed by atoms with Gasteiger partial charge in [-0.1, -0.05) is 12.8 Å². The monoisotopic (exact) mass is 394 g/mol. The summed E-state index contributed by atoms with van der Waals surface area (Å²) in [5, 5.41) is 3.52. The zero-order chi connectivity index (χ0) is 13.0. The summed E-state index contributed by atoms with van der Waals surface area (Å²) in [5.41, 5.74) is 0. The third-order valence-corrected chi connectivity index (χ3v) is 6.84. The van der Waals surface area contributed by atoms with Gasteiger partial charge in [-0.2, -0.15) is 0 Å². The van der Waals surface area contributed by atoms with Crippen LogP contribution in [0.1, 0.15) is 30.6 Å². The van der Waals surface area contributed by atoms with Crippen molar-refractivity contribution in [3.63, 3.8) is 0 Å². The molecule has 0 aromatic carbocycles. The molecule has 0 atom stereocenters. The van der Waals surface area contributed by atoms with Gasteiger partial charge in [0.1, 0.15) is 0 Å². The minimum Gasteiger partial charge on any atom is -0.311 e. The Hall–Kier alpha value is 0.580. The van der Waals surface area contributed by atoms with Gasteiger partial charge in [-0.3, -0.25) is 0 Å². The molecule has 0 spiro atoms. The Morgan fingerprint density at radius 3 is 2.72 bits per heavy atom. The molecule has 0 unspecified atom stereocenters. The number of halogens is 2. The van der Waals surface area contributed by atoms with Gasteiger partial charge in [0.05, 0.1) is 3.79 Å². The van der Waals surface area contributed by atoms with E-state index in [2.05, 4.69) is 55.2 Å². The molecule has 1 N–H and O–H groups in total. The lowest BCUT2D eigenvalue weighted by Crippen LogP contribution is -2.35. The van der Waals surface area contributed by atoms with Crippen LogP contribution in [0.25, 0.3) is 0 Å². The van der Waals surface area contributed by atoms with Crippen LogP contribution in [-0.4, -0.2) is 31.1 Å². The van der Waals surface area contributed by atoms with Crippen LogP contribution in [0.2, 0.25) is 0 Å². The largest absolute Gasteiger partial charge is 0.311 e. The molecule has 1 heterocycles. The molecule has 0 saturated heterocycles. The van der Waals surface area contributed by atoms with Crippen molar-refractivity contribution in [3.8, 4) is 0 Å². The SMILES string of the molecule is CN(CCNCc1cc(Br)c(Br)s1)C1CCCC1. The van der Waals surface area contributed by atoms with Gasteiger partial charge in [-0.15, -0.1) is 11.3 Å². The van der Waals surface area contributed by atoms with E-state index in [1.54, 1.807) is 11.3 Å². The van der Waals surface area contributed by atoms with Gasteiger partial charge in [-0.25, -0.2) is 0 Å². The van der Waals surface area contributed by atoms with E-state index in [9.17, 15) is 0 Å². The summed E-state index contributed by atoms with van der Waals surface area (Å²) in [5.74, 6) is 0. The molecule has 1 saturated carbocycles. The van der Waals surface area contributed by atoms with Crippen molar-refractivity contribution in [2.45, 2.75) is 38.3 Å². The average Bonchev–Trinajstić information content (AvgIpc) is 2.96. The first kappa shape index (κ1) is 15.0. The number of nitrogens with zero attached hydrogens (tertiary/aromatic N) is 1. The zero-order valence-corrected chi connectivity index (χ0v) is 14.7. The molecule has 2 rings (SSSR count). The van der Waals surface area contributed by atoms with Crippen molar-refractivity contribution < 1.29 is 0 Å². The summed E-state index contributed by atoms with van der Waals surface area (Å²) in [6.45, 7) is 3.19. The van der Waals surface area contributed by atoms with E-state index in [4.69, 9.17) is 0 Å². The fourth-order valence-electron chi connectivity index (χ4n) is 2.47. The Morgan fingerprint density at radius 1 is 1.39 bits per heavy atom. The van der Waals surface area contributed by atoms with Gasteiger partial charge in [0.2, 0.25) is 0 Å². The second-order valence-corrected chi connectivity index (χ2v) is 8.24. The number of hydrogen-bond donors (Lipinski definition) is 1. The number of thiophene rings is 1. The van der Waals surface area contributed by atoms with Crippen molar-refractivity contribution in [2.24, 2.45) is 0 Å². The molecule has 18 heavy (non-hydrogen) atoms. The highest BCUT2D eigenvalue weighted by Gasteiger charge is 2.18. The quantitative estimate of drug-likeness (QED) is 0.724. The molecule has 5 heteroatoms. The van der Waals surface area contributed by atoms with Crippen molar-refractivity contribution in [1.82, 2.24) is 10.2 Å². The molecule has 0 amide bonds. The second-order valence-electron chi connectivity index (χ2n) is 4.93. The smallest absolute Gasteiger partial charge is 0.0843 e. The van der Waals surface area contributed by atoms with Crippen LogP contribution in [0, 0.1) is 0 Å². The molecule has 1 fully saturated rings. The number of rotatable bonds is 6. The Labute approximate surface area is 130 Å². The van der Waals surface area contributed by atoms with Crippen molar-refractivity contribution in [1.29, 1.82) is 0 Å². The number of likely N-dealkylation sites (N-methyl/N-ethyl adjacent to an activating group) is 1. The standard InChI is InChI=1S/C13H20Br2N2S/c1-17(10-4-2-3-5-10)7-6-16-9-11-8-12(14)13(15)18-11/h8,10,16H,2-7,9H2,1H3. The third kappa shape index (κ3) is 4.30. The summed E-state index contributed by atoms with van der Waals surface area (Å²) >= 11 is 8.84. The molecular formula is C13H20Br2N2S. The van der Waals surface area contributed by atoms with Gasteiger partial charge < -0.3 is 10.2 Å². The van der Waals surface area contributed by atoms with Crippen molar-refractivity contribution in [2.75, 3.05) is 20.1 Å². The number of hydrogen-bond acceptors (Lipinski definition) is 3. The first-order valence-electron chi connectivity index (χ1n) is 6.51. The molecule has 102 valence electrons. The number of nitrogens with one attached hydrogen (secondary N) is 1. The van der Waals surface area contributed by atoms with E-state index in [-0.39, 0.29) is 0 Å². The molecule has 1 aromatic heterocycles. The summed E-state index contributed by atoms with van der Waals surface area (Å²) < 4.78 is 2.34. The first-order valence-corrected chi connectivity index (χ1v) is 8.91. The van der Waals surface area contributed by atoms with Gasteiger partial charge in [0.15, 0.2) is 0 Å². The molecule has 2 nitrogen and oxygen atoms in total. The molecule has 1 aliphatic carbocycles. The van der Waals surface area contributed by atoms with Gasteiger partial charge in [0.25, 0.3) is 0 Å². The fourth-order valence-corrected chi connectivity index (χ4v) is 4.62. The maximum Gasteiger partial charge on any atom is 0.0843 e. The molecule has 0 aliphatic heterocycles. The van der Waals surface area contributed by atoms with E-state index >= 15 is 0 Å². The maximum atomic E-state index is 3.53. The Bertz CT molecular complexity index is 356. The Balaban J connectivity index is 1.63. The van der Waals surface area contributed by atoms with Crippen LogP contribution in [0.15, 0.2) is 14.3 Å². The summed E-state index contributed by atoms with van der Waals surface area (Å²) in [6, 6.07) is 3.01. The minimum atomic E-state index is 0.830. The van der Waals surface area contributed by atoms with E-state index in [0.717, 1.165) is 30.1 Å². The van der Waals surface area contributed by atoms with Crippen LogP contribution in [-0.2, 0) is 6.54 Å². The predicted octanol–water partition coefficient (Wildman–Crippen LogP) is 4.24. The van der Waals surface area contributed by atoms with Crippen molar-refractivity contribution in [3.05, 3.63) is 19.2 Å². The molecule has 0 bridgehead atoms. The second kappa shape index (κ2) is 7.39. The highest BCUT2D eigenvalue weighted by molar-refractivity contribution is 9.13. The molecule has 1 aromatic rings. The summed E-state index contributed by atoms with van der Waals surface area (Å²) in [7, 11) is 2.26. The molecular weight excluding hydrogens is 376 g/mol. The predicted molar refractivity (Wildman–Crippen MR) is 86.3 cm³/mol. The minimum absolute atomic E-state index is 0.830. The van der Waals surface area contributed by atoms with Crippen molar-refractivity contribution >= 4 is 43.2 Å².